The lowest BCUT2D eigenvalue weighted by molar-refractivity contribution is -0.119. The van der Waals surface area contributed by atoms with Gasteiger partial charge in [-0.25, -0.2) is 17.8 Å². The van der Waals surface area contributed by atoms with Crippen molar-refractivity contribution in [1.82, 2.24) is 10.3 Å². The molecule has 1 aromatic carbocycles. The van der Waals surface area contributed by atoms with Crippen molar-refractivity contribution < 1.29 is 17.6 Å². The zero-order valence-corrected chi connectivity index (χ0v) is 15.9. The average molecular weight is 411 g/mol. The third-order valence-electron chi connectivity index (χ3n) is 3.60. The van der Waals surface area contributed by atoms with Crippen molar-refractivity contribution in [2.75, 3.05) is 5.75 Å². The maximum Gasteiger partial charge on any atom is 0.236 e. The Morgan fingerprint density at radius 1 is 1.19 bits per heavy atom. The molecular weight excluding hydrogens is 395 g/mol. The van der Waals surface area contributed by atoms with Gasteiger partial charge >= 0.3 is 0 Å². The van der Waals surface area contributed by atoms with Crippen LogP contribution in [0.15, 0.2) is 57.6 Å². The minimum absolute atomic E-state index is 0.0855. The molecule has 0 saturated heterocycles. The summed E-state index contributed by atoms with van der Waals surface area (Å²) in [6, 6.07) is 5.97. The van der Waals surface area contributed by atoms with Crippen molar-refractivity contribution in [3.8, 4) is 0 Å². The minimum atomic E-state index is -3.85. The van der Waals surface area contributed by atoms with Gasteiger partial charge < -0.3 is 5.32 Å². The maximum absolute atomic E-state index is 13.0. The first-order valence-electron chi connectivity index (χ1n) is 7.62. The Morgan fingerprint density at radius 3 is 2.58 bits per heavy atom. The molecule has 1 atom stereocenters. The first-order valence-corrected chi connectivity index (χ1v) is 11.1. The van der Waals surface area contributed by atoms with Gasteiger partial charge in [0.25, 0.3) is 0 Å². The predicted molar refractivity (Wildman–Crippen MR) is 99.5 cm³/mol. The SMILES string of the molecule is O=C(CS(=O)(=O)c1ccc(F)cc1)NC(Cc1ccsc1)c1nccs1. The van der Waals surface area contributed by atoms with E-state index in [-0.39, 0.29) is 4.90 Å². The van der Waals surface area contributed by atoms with Crippen LogP contribution in [0.4, 0.5) is 4.39 Å². The number of rotatable bonds is 7. The molecule has 9 heteroatoms. The molecule has 0 bridgehead atoms. The zero-order chi connectivity index (χ0) is 18.6. The molecule has 2 heterocycles. The number of amides is 1. The molecule has 3 aromatic rings. The molecular formula is C17H15FN2O3S3. The van der Waals surface area contributed by atoms with Crippen molar-refractivity contribution in [1.29, 1.82) is 0 Å². The number of aromatic nitrogens is 1. The topological polar surface area (TPSA) is 76.1 Å². The molecule has 26 heavy (non-hydrogen) atoms. The lowest BCUT2D eigenvalue weighted by Crippen LogP contribution is -2.34. The van der Waals surface area contributed by atoms with Gasteiger partial charge in [0, 0.05) is 18.0 Å². The third kappa shape index (κ3) is 4.75. The van der Waals surface area contributed by atoms with Crippen LogP contribution < -0.4 is 5.32 Å². The lowest BCUT2D eigenvalue weighted by atomic mass is 10.1. The number of carbonyl (C=O) groups is 1. The molecule has 1 N–H and O–H groups in total. The van der Waals surface area contributed by atoms with Crippen molar-refractivity contribution in [3.05, 3.63) is 69.1 Å². The number of carbonyl (C=O) groups excluding carboxylic acids is 1. The Morgan fingerprint density at radius 2 is 1.96 bits per heavy atom. The largest absolute Gasteiger partial charge is 0.346 e. The van der Waals surface area contributed by atoms with Crippen LogP contribution >= 0.6 is 22.7 Å². The lowest BCUT2D eigenvalue weighted by Gasteiger charge is -2.16. The van der Waals surface area contributed by atoms with Gasteiger partial charge in [0.2, 0.25) is 5.91 Å². The minimum Gasteiger partial charge on any atom is -0.346 e. The van der Waals surface area contributed by atoms with Crippen LogP contribution in [-0.4, -0.2) is 25.1 Å². The fourth-order valence-electron chi connectivity index (χ4n) is 2.38. The van der Waals surface area contributed by atoms with Gasteiger partial charge in [-0.05, 0) is 46.7 Å². The van der Waals surface area contributed by atoms with Gasteiger partial charge in [-0.2, -0.15) is 11.3 Å². The van der Waals surface area contributed by atoms with E-state index in [1.807, 2.05) is 16.8 Å². The van der Waals surface area contributed by atoms with E-state index in [0.29, 0.717) is 11.4 Å². The molecule has 3 rings (SSSR count). The van der Waals surface area contributed by atoms with E-state index in [0.717, 1.165) is 29.8 Å². The molecule has 0 aliphatic carbocycles. The molecule has 1 amide bonds. The molecule has 0 spiro atoms. The summed E-state index contributed by atoms with van der Waals surface area (Å²) in [5, 5.41) is 9.18. The van der Waals surface area contributed by atoms with Crippen molar-refractivity contribution in [3.63, 3.8) is 0 Å². The summed E-state index contributed by atoms with van der Waals surface area (Å²) < 4.78 is 37.7. The number of nitrogens with one attached hydrogen (secondary N) is 1. The number of thiazole rings is 1. The fraction of sp³-hybridized carbons (Fsp3) is 0.176. The van der Waals surface area contributed by atoms with Gasteiger partial charge in [0.1, 0.15) is 16.6 Å². The molecule has 0 aliphatic heterocycles. The molecule has 136 valence electrons. The monoisotopic (exact) mass is 410 g/mol. The van der Waals surface area contributed by atoms with Gasteiger partial charge in [0.15, 0.2) is 9.84 Å². The Hall–Kier alpha value is -2.10. The fourth-order valence-corrected chi connectivity index (χ4v) is 4.90. The number of halogens is 1. The average Bonchev–Trinajstić information content (AvgIpc) is 3.28. The van der Waals surface area contributed by atoms with Crippen LogP contribution in [-0.2, 0) is 21.1 Å². The van der Waals surface area contributed by atoms with Crippen molar-refractivity contribution >= 4 is 38.4 Å². The normalized spacial score (nSPS) is 12.7. The van der Waals surface area contributed by atoms with Crippen LogP contribution in [0.25, 0.3) is 0 Å². The molecule has 1 unspecified atom stereocenters. The highest BCUT2D eigenvalue weighted by Crippen LogP contribution is 2.22. The third-order valence-corrected chi connectivity index (χ3v) is 6.85. The number of hydrogen-bond acceptors (Lipinski definition) is 6. The summed E-state index contributed by atoms with van der Waals surface area (Å²) in [4.78, 5) is 16.5. The molecule has 0 aliphatic rings. The summed E-state index contributed by atoms with van der Waals surface area (Å²) in [7, 11) is -3.85. The standard InChI is InChI=1S/C17H15FN2O3S3/c18-13-1-3-14(4-2-13)26(22,23)11-16(21)20-15(17-19-6-8-25-17)9-12-5-7-24-10-12/h1-8,10,15H,9,11H2,(H,20,21). The predicted octanol–water partition coefficient (Wildman–Crippen LogP) is 3.22. The Kier molecular flexibility index (Phi) is 5.80. The summed E-state index contributed by atoms with van der Waals surface area (Å²) in [6.07, 6.45) is 2.17. The van der Waals surface area contributed by atoms with Crippen LogP contribution in [0.2, 0.25) is 0 Å². The second kappa shape index (κ2) is 8.07. The summed E-state index contributed by atoms with van der Waals surface area (Å²) in [6.45, 7) is 0. The second-order valence-corrected chi connectivity index (χ2v) is 9.23. The summed E-state index contributed by atoms with van der Waals surface area (Å²) in [5.74, 6) is -1.86. The second-order valence-electron chi connectivity index (χ2n) is 5.54. The van der Waals surface area contributed by atoms with Gasteiger partial charge in [-0.3, -0.25) is 4.79 Å². The number of nitrogens with zero attached hydrogens (tertiary/aromatic N) is 1. The van der Waals surface area contributed by atoms with E-state index in [1.165, 1.54) is 11.3 Å². The molecule has 2 aromatic heterocycles. The Bertz CT molecular complexity index is 953. The summed E-state index contributed by atoms with van der Waals surface area (Å²) in [5.41, 5.74) is 1.04. The number of thiophene rings is 1. The highest BCUT2D eigenvalue weighted by Gasteiger charge is 2.23. The maximum atomic E-state index is 13.0. The molecule has 0 fully saturated rings. The van der Waals surface area contributed by atoms with E-state index in [2.05, 4.69) is 10.3 Å². The summed E-state index contributed by atoms with van der Waals surface area (Å²) >= 11 is 2.95. The number of benzene rings is 1. The van der Waals surface area contributed by atoms with Gasteiger partial charge in [0.05, 0.1) is 10.9 Å². The van der Waals surface area contributed by atoms with Crippen LogP contribution in [0.1, 0.15) is 16.6 Å². The quantitative estimate of drug-likeness (QED) is 0.607. The van der Waals surface area contributed by atoms with E-state index < -0.39 is 33.4 Å². The molecule has 5 nitrogen and oxygen atoms in total. The molecule has 0 saturated carbocycles. The van der Waals surface area contributed by atoms with E-state index in [1.54, 1.807) is 22.9 Å². The Labute approximate surface area is 158 Å². The number of hydrogen-bond donors (Lipinski definition) is 1. The first-order chi connectivity index (χ1) is 12.4. The van der Waals surface area contributed by atoms with E-state index in [4.69, 9.17) is 0 Å². The van der Waals surface area contributed by atoms with Crippen molar-refractivity contribution in [2.45, 2.75) is 17.4 Å². The first kappa shape index (κ1) is 18.7. The number of sulfone groups is 1. The smallest absolute Gasteiger partial charge is 0.236 e. The van der Waals surface area contributed by atoms with Crippen LogP contribution in [0.5, 0.6) is 0 Å². The van der Waals surface area contributed by atoms with Crippen LogP contribution in [0.3, 0.4) is 0 Å². The molecule has 0 radical (unpaired) electrons. The Balaban J connectivity index is 1.72. The highest BCUT2D eigenvalue weighted by molar-refractivity contribution is 7.92. The van der Waals surface area contributed by atoms with E-state index >= 15 is 0 Å². The van der Waals surface area contributed by atoms with Crippen LogP contribution in [0, 0.1) is 5.82 Å². The van der Waals surface area contributed by atoms with Gasteiger partial charge in [-0.15, -0.1) is 11.3 Å². The zero-order valence-electron chi connectivity index (χ0n) is 13.5. The van der Waals surface area contributed by atoms with Crippen molar-refractivity contribution in [2.24, 2.45) is 0 Å². The van der Waals surface area contributed by atoms with E-state index in [9.17, 15) is 17.6 Å². The van der Waals surface area contributed by atoms with Gasteiger partial charge in [-0.1, -0.05) is 0 Å². The highest BCUT2D eigenvalue weighted by atomic mass is 32.2.